The smallest absolute Gasteiger partial charge is 0.117 e. The number of fused-ring (bicyclic) bond motifs is 5. The number of rotatable bonds is 6. The molecule has 4 aliphatic rings. The van der Waals surface area contributed by atoms with Crippen LogP contribution in [0.4, 0.5) is 0 Å². The topological polar surface area (TPSA) is 88.1 Å². The molecule has 29 heavy (non-hydrogen) atoms. The number of hydrogen-bond donors (Lipinski definition) is 3. The number of unbranched alkanes of at least 4 members (excludes halogenated alkanes) is 1. The summed E-state index contributed by atoms with van der Waals surface area (Å²) < 4.78 is 0. The van der Waals surface area contributed by atoms with E-state index in [-0.39, 0.29) is 16.9 Å². The first-order valence-corrected chi connectivity index (χ1v) is 12.1. The molecule has 0 amide bonds. The molecule has 5 nitrogen and oxygen atoms in total. The van der Waals surface area contributed by atoms with Crippen molar-refractivity contribution in [2.24, 2.45) is 45.4 Å². The van der Waals surface area contributed by atoms with Crippen molar-refractivity contribution in [3.05, 3.63) is 0 Å². The standard InChI is InChI=1S/C24H42N2O3/c1-22-10-8-19(27)15-17(22)5-6-21-20(22)9-11-23(2)18(7-12-24(21,23)28)16-26-29-14-4-3-13-25/h16-21,27-28H,3-15,25H2,1-2H3/b26-16+/t17-,18+,19+,20?,21?,22+,23-,24+/m1/s1. The fourth-order valence-electron chi connectivity index (χ4n) is 7.96. The summed E-state index contributed by atoms with van der Waals surface area (Å²) in [5.41, 5.74) is 5.12. The quantitative estimate of drug-likeness (QED) is 0.355. The maximum absolute atomic E-state index is 12.1. The highest BCUT2D eigenvalue weighted by molar-refractivity contribution is 5.63. The molecule has 4 aliphatic carbocycles. The molecule has 4 rings (SSSR count). The van der Waals surface area contributed by atoms with Gasteiger partial charge in [-0.25, -0.2) is 0 Å². The molecule has 0 aliphatic heterocycles. The number of nitrogens with two attached hydrogens (primary N) is 1. The van der Waals surface area contributed by atoms with Crippen molar-refractivity contribution in [3.8, 4) is 0 Å². The Labute approximate surface area is 176 Å². The number of oxime groups is 1. The van der Waals surface area contributed by atoms with Crippen molar-refractivity contribution in [2.75, 3.05) is 13.2 Å². The molecular formula is C24H42N2O3. The Balaban J connectivity index is 1.47. The maximum atomic E-state index is 12.1. The molecule has 8 atom stereocenters. The Morgan fingerprint density at radius 2 is 1.86 bits per heavy atom. The fraction of sp³-hybridized carbons (Fsp3) is 0.958. The third-order valence-corrected chi connectivity index (χ3v) is 9.90. The summed E-state index contributed by atoms with van der Waals surface area (Å²) in [5.74, 6) is 1.90. The van der Waals surface area contributed by atoms with Gasteiger partial charge in [0.2, 0.25) is 0 Å². The molecule has 0 bridgehead atoms. The average molecular weight is 407 g/mol. The van der Waals surface area contributed by atoms with Gasteiger partial charge in [0, 0.05) is 17.5 Å². The van der Waals surface area contributed by atoms with Gasteiger partial charge >= 0.3 is 0 Å². The monoisotopic (exact) mass is 406 g/mol. The minimum absolute atomic E-state index is 0.102. The fourth-order valence-corrected chi connectivity index (χ4v) is 7.96. The summed E-state index contributed by atoms with van der Waals surface area (Å²) in [4.78, 5) is 5.47. The number of hydrogen-bond acceptors (Lipinski definition) is 5. The molecule has 0 heterocycles. The van der Waals surface area contributed by atoms with E-state index in [1.165, 1.54) is 6.42 Å². The second kappa shape index (κ2) is 8.12. The first-order valence-electron chi connectivity index (χ1n) is 12.1. The first-order chi connectivity index (χ1) is 13.8. The predicted molar refractivity (Wildman–Crippen MR) is 115 cm³/mol. The zero-order valence-electron chi connectivity index (χ0n) is 18.5. The number of aliphatic hydroxyl groups excluding tert-OH is 1. The van der Waals surface area contributed by atoms with Crippen LogP contribution in [0.2, 0.25) is 0 Å². The van der Waals surface area contributed by atoms with E-state index in [1.54, 1.807) is 0 Å². The highest BCUT2D eigenvalue weighted by Gasteiger charge is 2.66. The van der Waals surface area contributed by atoms with Gasteiger partial charge < -0.3 is 20.8 Å². The van der Waals surface area contributed by atoms with Crippen molar-refractivity contribution < 1.29 is 15.1 Å². The number of nitrogens with zero attached hydrogens (tertiary/aromatic N) is 1. The van der Waals surface area contributed by atoms with Gasteiger partial charge in [-0.15, -0.1) is 0 Å². The van der Waals surface area contributed by atoms with E-state index >= 15 is 0 Å². The van der Waals surface area contributed by atoms with Crippen LogP contribution in [0.1, 0.15) is 84.5 Å². The maximum Gasteiger partial charge on any atom is 0.117 e. The highest BCUT2D eigenvalue weighted by atomic mass is 16.6. The molecular weight excluding hydrogens is 364 g/mol. The van der Waals surface area contributed by atoms with Gasteiger partial charge in [0.15, 0.2) is 0 Å². The molecule has 0 aromatic heterocycles. The lowest BCUT2D eigenvalue weighted by atomic mass is 9.43. The van der Waals surface area contributed by atoms with E-state index in [0.29, 0.717) is 36.8 Å². The molecule has 4 fully saturated rings. The van der Waals surface area contributed by atoms with Crippen LogP contribution >= 0.6 is 0 Å². The van der Waals surface area contributed by atoms with Crippen molar-refractivity contribution in [3.63, 3.8) is 0 Å². The Bertz CT molecular complexity index is 613. The second-order valence-corrected chi connectivity index (χ2v) is 11.0. The van der Waals surface area contributed by atoms with E-state index in [1.807, 2.05) is 6.21 Å². The van der Waals surface area contributed by atoms with Gasteiger partial charge in [0.1, 0.15) is 6.61 Å². The number of aliphatic hydroxyl groups is 2. The SMILES string of the molecule is C[C@]12CC[C@H](O)C[C@H]1CCC1C2CC[C@]2(C)[C@H](/C=N/OCCCCN)CC[C@]12O. The summed E-state index contributed by atoms with van der Waals surface area (Å²) in [6.07, 6.45) is 13.2. The van der Waals surface area contributed by atoms with Gasteiger partial charge in [0.25, 0.3) is 0 Å². The lowest BCUT2D eigenvalue weighted by Gasteiger charge is -2.63. The van der Waals surface area contributed by atoms with Gasteiger partial charge in [-0.05, 0) is 100 Å². The largest absolute Gasteiger partial charge is 0.396 e. The third-order valence-electron chi connectivity index (χ3n) is 9.90. The zero-order valence-corrected chi connectivity index (χ0v) is 18.5. The van der Waals surface area contributed by atoms with E-state index in [2.05, 4.69) is 19.0 Å². The van der Waals surface area contributed by atoms with Gasteiger partial charge in [0.05, 0.1) is 11.7 Å². The summed E-state index contributed by atoms with van der Waals surface area (Å²) in [7, 11) is 0. The van der Waals surface area contributed by atoms with Crippen molar-refractivity contribution in [1.82, 2.24) is 0 Å². The molecule has 0 saturated heterocycles. The van der Waals surface area contributed by atoms with E-state index in [4.69, 9.17) is 10.6 Å². The van der Waals surface area contributed by atoms with Crippen LogP contribution in [0.15, 0.2) is 5.16 Å². The molecule has 5 heteroatoms. The average Bonchev–Trinajstić information content (AvgIpc) is 2.96. The molecule has 0 aromatic rings. The summed E-state index contributed by atoms with van der Waals surface area (Å²) >= 11 is 0. The normalized spacial score (nSPS) is 49.5. The van der Waals surface area contributed by atoms with Crippen LogP contribution in [0, 0.1) is 34.5 Å². The second-order valence-electron chi connectivity index (χ2n) is 11.0. The van der Waals surface area contributed by atoms with Crippen LogP contribution in [-0.4, -0.2) is 41.3 Å². The molecule has 0 aromatic carbocycles. The first kappa shape index (κ1) is 21.6. The molecule has 4 N–H and O–H groups in total. The molecule has 0 radical (unpaired) electrons. The van der Waals surface area contributed by atoms with E-state index in [0.717, 1.165) is 64.2 Å². The van der Waals surface area contributed by atoms with Crippen LogP contribution in [0.3, 0.4) is 0 Å². The third kappa shape index (κ3) is 3.45. The van der Waals surface area contributed by atoms with Gasteiger partial charge in [-0.3, -0.25) is 0 Å². The molecule has 0 spiro atoms. The molecule has 2 unspecified atom stereocenters. The minimum Gasteiger partial charge on any atom is -0.396 e. The van der Waals surface area contributed by atoms with E-state index < -0.39 is 5.60 Å². The molecule has 166 valence electrons. The lowest BCUT2D eigenvalue weighted by molar-refractivity contribution is -0.206. The highest BCUT2D eigenvalue weighted by Crippen LogP contribution is 2.68. The molecule has 4 saturated carbocycles. The van der Waals surface area contributed by atoms with Crippen molar-refractivity contribution in [2.45, 2.75) is 96.2 Å². The predicted octanol–water partition coefficient (Wildman–Crippen LogP) is 3.86. The van der Waals surface area contributed by atoms with Crippen molar-refractivity contribution in [1.29, 1.82) is 0 Å². The lowest BCUT2D eigenvalue weighted by Crippen LogP contribution is -2.62. The Morgan fingerprint density at radius 3 is 2.66 bits per heavy atom. The van der Waals surface area contributed by atoms with Crippen LogP contribution in [0.5, 0.6) is 0 Å². The Morgan fingerprint density at radius 1 is 1.03 bits per heavy atom. The van der Waals surface area contributed by atoms with Crippen LogP contribution < -0.4 is 5.73 Å². The Kier molecular flexibility index (Phi) is 6.04. The Hall–Kier alpha value is -0.650. The van der Waals surface area contributed by atoms with Crippen molar-refractivity contribution >= 4 is 6.21 Å². The van der Waals surface area contributed by atoms with E-state index in [9.17, 15) is 10.2 Å². The summed E-state index contributed by atoms with van der Waals surface area (Å²) in [5, 5.41) is 26.6. The van der Waals surface area contributed by atoms with Crippen LogP contribution in [0.25, 0.3) is 0 Å². The van der Waals surface area contributed by atoms with Gasteiger partial charge in [-0.2, -0.15) is 0 Å². The minimum atomic E-state index is -0.587. The summed E-state index contributed by atoms with van der Waals surface area (Å²) in [6.45, 7) is 6.09. The summed E-state index contributed by atoms with van der Waals surface area (Å²) in [6, 6.07) is 0. The van der Waals surface area contributed by atoms with Gasteiger partial charge in [-0.1, -0.05) is 19.0 Å². The zero-order chi connectivity index (χ0) is 20.7. The van der Waals surface area contributed by atoms with Crippen LogP contribution in [-0.2, 0) is 4.84 Å².